The molecule has 1 aromatic heterocycles. The summed E-state index contributed by atoms with van der Waals surface area (Å²) in [4.78, 5) is 20.9. The van der Waals surface area contributed by atoms with Gasteiger partial charge >= 0.3 is 0 Å². The number of fused-ring (bicyclic) bond motifs is 1. The normalized spacial score (nSPS) is 21.9. The van der Waals surface area contributed by atoms with Crippen molar-refractivity contribution >= 4 is 10.9 Å². The zero-order valence-corrected chi connectivity index (χ0v) is 17.9. The van der Waals surface area contributed by atoms with Crippen molar-refractivity contribution in [2.45, 2.75) is 59.0 Å². The van der Waals surface area contributed by atoms with Crippen molar-refractivity contribution in [1.29, 1.82) is 0 Å². The quantitative estimate of drug-likeness (QED) is 0.681. The van der Waals surface area contributed by atoms with E-state index in [1.165, 1.54) is 6.42 Å². The molecule has 2 heterocycles. The van der Waals surface area contributed by atoms with Crippen LogP contribution in [0.1, 0.15) is 58.3 Å². The molecule has 2 aromatic rings. The topological polar surface area (TPSA) is 47.4 Å². The number of unbranched alkanes of at least 4 members (excludes halogenated alkanes) is 1. The molecule has 0 saturated carbocycles. The van der Waals surface area contributed by atoms with E-state index in [9.17, 15) is 4.79 Å². The Bertz CT molecular complexity index is 822. The first-order valence-corrected chi connectivity index (χ1v) is 10.8. The van der Waals surface area contributed by atoms with Crippen LogP contribution in [-0.4, -0.2) is 41.3 Å². The number of methoxy groups -OCH3 is 1. The molecule has 0 aliphatic carbocycles. The highest BCUT2D eigenvalue weighted by molar-refractivity contribution is 5.77. The zero-order chi connectivity index (χ0) is 20.1. The highest BCUT2D eigenvalue weighted by Crippen LogP contribution is 2.32. The third-order valence-electron chi connectivity index (χ3n) is 5.88. The molecule has 0 amide bonds. The monoisotopic (exact) mass is 385 g/mol. The number of nitrogens with zero attached hydrogens (tertiary/aromatic N) is 3. The molecule has 1 unspecified atom stereocenters. The summed E-state index contributed by atoms with van der Waals surface area (Å²) in [6, 6.07) is 7.89. The maximum Gasteiger partial charge on any atom is 0.261 e. The van der Waals surface area contributed by atoms with Gasteiger partial charge in [0.25, 0.3) is 5.56 Å². The summed E-state index contributed by atoms with van der Waals surface area (Å²) in [6.45, 7) is 10.1. The minimum absolute atomic E-state index is 0.0530. The summed E-state index contributed by atoms with van der Waals surface area (Å²) in [5, 5.41) is 0.692. The molecule has 0 N–H and O–H groups in total. The van der Waals surface area contributed by atoms with E-state index in [0.717, 1.165) is 43.7 Å². The summed E-state index contributed by atoms with van der Waals surface area (Å²) in [5.41, 5.74) is 0.855. The fourth-order valence-electron chi connectivity index (χ4n) is 4.68. The van der Waals surface area contributed by atoms with Crippen LogP contribution in [0.15, 0.2) is 29.1 Å². The van der Waals surface area contributed by atoms with Crippen LogP contribution in [0.3, 0.4) is 0 Å². The number of benzene rings is 1. The van der Waals surface area contributed by atoms with Crippen LogP contribution in [0.4, 0.5) is 0 Å². The summed E-state index contributed by atoms with van der Waals surface area (Å²) >= 11 is 0. The zero-order valence-electron chi connectivity index (χ0n) is 17.9. The van der Waals surface area contributed by atoms with Gasteiger partial charge in [-0.05, 0) is 36.8 Å². The molecule has 154 valence electrons. The summed E-state index contributed by atoms with van der Waals surface area (Å²) in [6.07, 6.45) is 4.59. The molecule has 1 saturated heterocycles. The largest absolute Gasteiger partial charge is 0.383 e. The Labute approximate surface area is 168 Å². The fourth-order valence-corrected chi connectivity index (χ4v) is 4.68. The molecule has 1 aromatic carbocycles. The molecular formula is C23H35N3O2. The average Bonchev–Trinajstić information content (AvgIpc) is 2.67. The molecule has 3 atom stereocenters. The van der Waals surface area contributed by atoms with Gasteiger partial charge in [-0.2, -0.15) is 0 Å². The summed E-state index contributed by atoms with van der Waals surface area (Å²) < 4.78 is 7.18. The Morgan fingerprint density at radius 1 is 1.21 bits per heavy atom. The van der Waals surface area contributed by atoms with Gasteiger partial charge in [-0.15, -0.1) is 0 Å². The molecule has 1 aliphatic heterocycles. The van der Waals surface area contributed by atoms with E-state index in [4.69, 9.17) is 9.72 Å². The van der Waals surface area contributed by atoms with E-state index in [2.05, 4.69) is 25.7 Å². The van der Waals surface area contributed by atoms with E-state index in [1.807, 2.05) is 28.8 Å². The van der Waals surface area contributed by atoms with Crippen LogP contribution in [0.5, 0.6) is 0 Å². The first-order chi connectivity index (χ1) is 13.5. The van der Waals surface area contributed by atoms with Gasteiger partial charge in [0.05, 0.1) is 30.1 Å². The number of aromatic nitrogens is 2. The lowest BCUT2D eigenvalue weighted by atomic mass is 9.90. The van der Waals surface area contributed by atoms with Gasteiger partial charge in [0.15, 0.2) is 0 Å². The van der Waals surface area contributed by atoms with Gasteiger partial charge in [0.1, 0.15) is 5.82 Å². The lowest BCUT2D eigenvalue weighted by molar-refractivity contribution is 0.0814. The van der Waals surface area contributed by atoms with Crippen molar-refractivity contribution in [3.63, 3.8) is 0 Å². The van der Waals surface area contributed by atoms with Crippen molar-refractivity contribution in [2.24, 2.45) is 11.8 Å². The molecule has 0 radical (unpaired) electrons. The van der Waals surface area contributed by atoms with E-state index < -0.39 is 0 Å². The van der Waals surface area contributed by atoms with Crippen molar-refractivity contribution < 1.29 is 4.74 Å². The first-order valence-electron chi connectivity index (χ1n) is 10.8. The van der Waals surface area contributed by atoms with Crippen LogP contribution in [-0.2, 0) is 11.3 Å². The van der Waals surface area contributed by atoms with Gasteiger partial charge in [-0.25, -0.2) is 4.98 Å². The Morgan fingerprint density at radius 2 is 1.93 bits per heavy atom. The van der Waals surface area contributed by atoms with Crippen LogP contribution in [0.2, 0.25) is 0 Å². The maximum absolute atomic E-state index is 13.3. The second-order valence-corrected chi connectivity index (χ2v) is 8.49. The predicted octanol–water partition coefficient (Wildman–Crippen LogP) is 4.25. The molecule has 5 nitrogen and oxygen atoms in total. The van der Waals surface area contributed by atoms with Gasteiger partial charge < -0.3 is 4.74 Å². The number of likely N-dealkylation sites (tertiary alicyclic amines) is 1. The lowest BCUT2D eigenvalue weighted by Crippen LogP contribution is -2.43. The highest BCUT2D eigenvalue weighted by atomic mass is 16.5. The Kier molecular flexibility index (Phi) is 7.24. The van der Waals surface area contributed by atoms with Crippen molar-refractivity contribution in [2.75, 3.05) is 26.8 Å². The summed E-state index contributed by atoms with van der Waals surface area (Å²) in [5.74, 6) is 2.26. The second kappa shape index (κ2) is 9.66. The smallest absolute Gasteiger partial charge is 0.261 e. The van der Waals surface area contributed by atoms with Crippen LogP contribution in [0.25, 0.3) is 10.9 Å². The Hall–Kier alpha value is -1.72. The van der Waals surface area contributed by atoms with Crippen LogP contribution in [0, 0.1) is 11.8 Å². The minimum Gasteiger partial charge on any atom is -0.383 e. The molecule has 1 fully saturated rings. The summed E-state index contributed by atoms with van der Waals surface area (Å²) in [7, 11) is 1.68. The Balaban J connectivity index is 2.10. The molecule has 28 heavy (non-hydrogen) atoms. The van der Waals surface area contributed by atoms with Gasteiger partial charge in [-0.1, -0.05) is 45.7 Å². The molecular weight excluding hydrogens is 350 g/mol. The molecule has 0 spiro atoms. The molecule has 5 heteroatoms. The average molecular weight is 386 g/mol. The van der Waals surface area contributed by atoms with Crippen LogP contribution < -0.4 is 5.56 Å². The number of piperidine rings is 1. The van der Waals surface area contributed by atoms with Gasteiger partial charge in [-0.3, -0.25) is 14.3 Å². The highest BCUT2D eigenvalue weighted by Gasteiger charge is 2.31. The SMILES string of the molecule is CCCCC(c1nc2ccccc2c(=O)n1CCOC)N1C[C@H](C)C[C@H](C)C1. The predicted molar refractivity (Wildman–Crippen MR) is 115 cm³/mol. The number of para-hydroxylation sites is 1. The fraction of sp³-hybridized carbons (Fsp3) is 0.652. The van der Waals surface area contributed by atoms with Gasteiger partial charge in [0, 0.05) is 20.2 Å². The molecule has 3 rings (SSSR count). The number of ether oxygens (including phenoxy) is 1. The minimum atomic E-state index is 0.0530. The number of hydrogen-bond acceptors (Lipinski definition) is 4. The number of rotatable bonds is 8. The Morgan fingerprint density at radius 3 is 2.61 bits per heavy atom. The molecule has 0 bridgehead atoms. The first kappa shape index (κ1) is 21.0. The third-order valence-corrected chi connectivity index (χ3v) is 5.88. The second-order valence-electron chi connectivity index (χ2n) is 8.49. The standard InChI is InChI=1S/C23H35N3O2/c1-5-6-11-21(25-15-17(2)14-18(3)16-25)22-24-20-10-8-7-9-19(20)23(27)26(22)12-13-28-4/h7-10,17-18,21H,5-6,11-16H2,1-4H3/t17-,18+,21?. The van der Waals surface area contributed by atoms with Crippen molar-refractivity contribution in [3.05, 3.63) is 40.4 Å². The molecule has 1 aliphatic rings. The van der Waals surface area contributed by atoms with Gasteiger partial charge in [0.2, 0.25) is 0 Å². The van der Waals surface area contributed by atoms with E-state index >= 15 is 0 Å². The van der Waals surface area contributed by atoms with Crippen molar-refractivity contribution in [3.8, 4) is 0 Å². The maximum atomic E-state index is 13.3. The number of hydrogen-bond donors (Lipinski definition) is 0. The third kappa shape index (κ3) is 4.64. The van der Waals surface area contributed by atoms with E-state index in [1.54, 1.807) is 7.11 Å². The van der Waals surface area contributed by atoms with E-state index in [0.29, 0.717) is 30.4 Å². The van der Waals surface area contributed by atoms with Crippen molar-refractivity contribution in [1.82, 2.24) is 14.5 Å². The van der Waals surface area contributed by atoms with E-state index in [-0.39, 0.29) is 11.6 Å². The van der Waals surface area contributed by atoms with Crippen LogP contribution >= 0.6 is 0 Å². The lowest BCUT2D eigenvalue weighted by Gasteiger charge is -2.40.